The minimum atomic E-state index is -3.53. The fourth-order valence-corrected chi connectivity index (χ4v) is 5.06. The number of nitrogens with one attached hydrogen (secondary N) is 1. The zero-order chi connectivity index (χ0) is 20.0. The van der Waals surface area contributed by atoms with Crippen LogP contribution in [0.5, 0.6) is 0 Å². The van der Waals surface area contributed by atoms with Crippen molar-refractivity contribution in [2.75, 3.05) is 31.6 Å². The number of carbonyl (C=O) groups excluding carboxylic acids is 1. The number of rotatable bonds is 7. The van der Waals surface area contributed by atoms with Crippen LogP contribution in [0, 0.1) is 0 Å². The molecule has 156 valence electrons. The van der Waals surface area contributed by atoms with Crippen molar-refractivity contribution in [3.05, 3.63) is 24.3 Å². The zero-order valence-electron chi connectivity index (χ0n) is 16.4. The fraction of sp³-hybridized carbons (Fsp3) is 0.650. The summed E-state index contributed by atoms with van der Waals surface area (Å²) in [5.41, 5.74) is 0.451. The number of amides is 1. The first kappa shape index (κ1) is 21.2. The van der Waals surface area contributed by atoms with Gasteiger partial charge in [-0.1, -0.05) is 12.5 Å². The molecule has 1 amide bonds. The molecule has 1 aromatic rings. The molecule has 2 unspecified atom stereocenters. The van der Waals surface area contributed by atoms with E-state index in [9.17, 15) is 13.2 Å². The molecule has 3 rings (SSSR count). The van der Waals surface area contributed by atoms with E-state index in [1.165, 1.54) is 10.4 Å². The molecule has 0 radical (unpaired) electrons. The van der Waals surface area contributed by atoms with Gasteiger partial charge in [0.05, 0.1) is 17.6 Å². The first-order valence-corrected chi connectivity index (χ1v) is 11.5. The largest absolute Gasteiger partial charge is 0.376 e. The molecule has 2 heterocycles. The van der Waals surface area contributed by atoms with Crippen LogP contribution in [0.1, 0.15) is 45.4 Å². The zero-order valence-corrected chi connectivity index (χ0v) is 17.2. The number of carbonyl (C=O) groups is 1. The number of benzene rings is 1. The minimum Gasteiger partial charge on any atom is -0.376 e. The van der Waals surface area contributed by atoms with Crippen molar-refractivity contribution in [1.29, 1.82) is 0 Å². The van der Waals surface area contributed by atoms with Gasteiger partial charge in [-0.2, -0.15) is 4.31 Å². The SMILES string of the molecule is CC(OCC1CCCCO1)C(=O)Nc1cccc(S(=O)(=O)N2CCCCC2)c1. The molecule has 2 atom stereocenters. The third-order valence-corrected chi connectivity index (χ3v) is 7.12. The predicted molar refractivity (Wildman–Crippen MR) is 107 cm³/mol. The summed E-state index contributed by atoms with van der Waals surface area (Å²) in [6.07, 6.45) is 5.37. The lowest BCUT2D eigenvalue weighted by molar-refractivity contribution is -0.130. The van der Waals surface area contributed by atoms with Crippen molar-refractivity contribution in [2.45, 2.75) is 62.6 Å². The third-order valence-electron chi connectivity index (χ3n) is 5.23. The van der Waals surface area contributed by atoms with E-state index >= 15 is 0 Å². The monoisotopic (exact) mass is 410 g/mol. The summed E-state index contributed by atoms with van der Waals surface area (Å²) in [4.78, 5) is 12.6. The normalized spacial score (nSPS) is 22.5. The summed E-state index contributed by atoms with van der Waals surface area (Å²) in [6, 6.07) is 6.41. The first-order valence-electron chi connectivity index (χ1n) is 10.1. The van der Waals surface area contributed by atoms with Crippen LogP contribution < -0.4 is 5.32 Å². The summed E-state index contributed by atoms with van der Waals surface area (Å²) < 4.78 is 38.4. The number of anilines is 1. The Balaban J connectivity index is 1.57. The Labute approximate surface area is 167 Å². The van der Waals surface area contributed by atoms with Crippen molar-refractivity contribution in [1.82, 2.24) is 4.31 Å². The van der Waals surface area contributed by atoms with Gasteiger partial charge >= 0.3 is 0 Å². The Kier molecular flexibility index (Phi) is 7.45. The van der Waals surface area contributed by atoms with Crippen molar-refractivity contribution >= 4 is 21.6 Å². The molecule has 0 spiro atoms. The van der Waals surface area contributed by atoms with Gasteiger partial charge in [-0.25, -0.2) is 8.42 Å². The number of piperidine rings is 1. The highest BCUT2D eigenvalue weighted by Gasteiger charge is 2.26. The van der Waals surface area contributed by atoms with E-state index < -0.39 is 16.1 Å². The Morgan fingerprint density at radius 1 is 1.25 bits per heavy atom. The standard InChI is InChI=1S/C20H30N2O5S/c1-16(27-15-18-9-3-6-13-26-18)20(23)21-17-8-7-10-19(14-17)28(24,25)22-11-4-2-5-12-22/h7-8,10,14,16,18H,2-6,9,11-13,15H2,1H3,(H,21,23). The second kappa shape index (κ2) is 9.82. The van der Waals surface area contributed by atoms with Crippen LogP contribution in [0.4, 0.5) is 5.69 Å². The van der Waals surface area contributed by atoms with E-state index in [4.69, 9.17) is 9.47 Å². The van der Waals surface area contributed by atoms with Gasteiger partial charge < -0.3 is 14.8 Å². The quantitative estimate of drug-likeness (QED) is 0.747. The molecular formula is C20H30N2O5S. The van der Waals surface area contributed by atoms with Crippen molar-refractivity contribution in [3.8, 4) is 0 Å². The van der Waals surface area contributed by atoms with Crippen LogP contribution in [0.25, 0.3) is 0 Å². The molecule has 0 aromatic heterocycles. The Morgan fingerprint density at radius 3 is 2.75 bits per heavy atom. The number of hydrogen-bond acceptors (Lipinski definition) is 5. The van der Waals surface area contributed by atoms with E-state index in [0.29, 0.717) is 25.4 Å². The first-order chi connectivity index (χ1) is 13.5. The van der Waals surface area contributed by atoms with Gasteiger partial charge in [0.15, 0.2) is 0 Å². The highest BCUT2D eigenvalue weighted by atomic mass is 32.2. The van der Waals surface area contributed by atoms with Gasteiger partial charge in [0.2, 0.25) is 10.0 Å². The molecule has 7 nitrogen and oxygen atoms in total. The molecule has 8 heteroatoms. The molecule has 0 saturated carbocycles. The fourth-order valence-electron chi connectivity index (χ4n) is 3.50. The predicted octanol–water partition coefficient (Wildman–Crippen LogP) is 2.77. The highest BCUT2D eigenvalue weighted by Crippen LogP contribution is 2.23. The molecule has 2 saturated heterocycles. The molecular weight excluding hydrogens is 380 g/mol. The second-order valence-corrected chi connectivity index (χ2v) is 9.38. The van der Waals surface area contributed by atoms with Crippen molar-refractivity contribution < 1.29 is 22.7 Å². The molecule has 1 N–H and O–H groups in total. The Bertz CT molecular complexity index is 756. The summed E-state index contributed by atoms with van der Waals surface area (Å²) in [7, 11) is -3.53. The van der Waals surface area contributed by atoms with Gasteiger partial charge in [-0.05, 0) is 57.2 Å². The number of ether oxygens (including phenoxy) is 2. The Hall–Kier alpha value is -1.48. The van der Waals surface area contributed by atoms with E-state index in [0.717, 1.165) is 45.1 Å². The number of sulfonamides is 1. The maximum absolute atomic E-state index is 12.8. The van der Waals surface area contributed by atoms with Crippen molar-refractivity contribution in [2.24, 2.45) is 0 Å². The van der Waals surface area contributed by atoms with Crippen LogP contribution in [0.15, 0.2) is 29.2 Å². The highest BCUT2D eigenvalue weighted by molar-refractivity contribution is 7.89. The van der Waals surface area contributed by atoms with Crippen LogP contribution in [-0.2, 0) is 24.3 Å². The molecule has 0 bridgehead atoms. The summed E-state index contributed by atoms with van der Waals surface area (Å²) in [5.74, 6) is -0.302. The van der Waals surface area contributed by atoms with E-state index in [1.54, 1.807) is 25.1 Å². The smallest absolute Gasteiger partial charge is 0.253 e. The summed E-state index contributed by atoms with van der Waals surface area (Å²) in [6.45, 7) is 3.91. The lowest BCUT2D eigenvalue weighted by Gasteiger charge is -2.26. The number of hydrogen-bond donors (Lipinski definition) is 1. The number of nitrogens with zero attached hydrogens (tertiary/aromatic N) is 1. The van der Waals surface area contributed by atoms with Gasteiger partial charge in [-0.3, -0.25) is 4.79 Å². The molecule has 28 heavy (non-hydrogen) atoms. The van der Waals surface area contributed by atoms with Gasteiger partial charge in [0.1, 0.15) is 6.10 Å². The average Bonchev–Trinajstić information content (AvgIpc) is 2.73. The van der Waals surface area contributed by atoms with Crippen LogP contribution in [0.3, 0.4) is 0 Å². The summed E-state index contributed by atoms with van der Waals surface area (Å²) >= 11 is 0. The van der Waals surface area contributed by atoms with Gasteiger partial charge in [-0.15, -0.1) is 0 Å². The topological polar surface area (TPSA) is 84.9 Å². The van der Waals surface area contributed by atoms with Gasteiger partial charge in [0, 0.05) is 25.4 Å². The maximum atomic E-state index is 12.8. The lowest BCUT2D eigenvalue weighted by atomic mass is 10.1. The van der Waals surface area contributed by atoms with E-state index in [2.05, 4.69) is 5.32 Å². The Morgan fingerprint density at radius 2 is 2.04 bits per heavy atom. The lowest BCUT2D eigenvalue weighted by Crippen LogP contribution is -2.35. The average molecular weight is 411 g/mol. The summed E-state index contributed by atoms with van der Waals surface area (Å²) in [5, 5.41) is 2.76. The molecule has 2 fully saturated rings. The van der Waals surface area contributed by atoms with Crippen LogP contribution >= 0.6 is 0 Å². The van der Waals surface area contributed by atoms with E-state index in [1.807, 2.05) is 0 Å². The van der Waals surface area contributed by atoms with Crippen LogP contribution in [-0.4, -0.2) is 57.1 Å². The second-order valence-electron chi connectivity index (χ2n) is 7.45. The molecule has 2 aliphatic heterocycles. The third kappa shape index (κ3) is 5.53. The van der Waals surface area contributed by atoms with E-state index in [-0.39, 0.29) is 16.9 Å². The van der Waals surface area contributed by atoms with Crippen LogP contribution in [0.2, 0.25) is 0 Å². The van der Waals surface area contributed by atoms with Gasteiger partial charge in [0.25, 0.3) is 5.91 Å². The molecule has 0 aliphatic carbocycles. The molecule has 1 aromatic carbocycles. The minimum absolute atomic E-state index is 0.0435. The maximum Gasteiger partial charge on any atom is 0.253 e. The van der Waals surface area contributed by atoms with Crippen molar-refractivity contribution in [3.63, 3.8) is 0 Å². The molecule has 2 aliphatic rings.